The molecule has 0 saturated carbocycles. The number of hydrogen-bond acceptors (Lipinski definition) is 4. The second-order valence-electron chi connectivity index (χ2n) is 5.94. The summed E-state index contributed by atoms with van der Waals surface area (Å²) < 4.78 is 2.02. The molecule has 5 nitrogen and oxygen atoms in total. The zero-order chi connectivity index (χ0) is 15.2. The first-order chi connectivity index (χ1) is 9.93. The van der Waals surface area contributed by atoms with E-state index in [1.165, 1.54) is 0 Å². The van der Waals surface area contributed by atoms with Crippen molar-refractivity contribution < 1.29 is 5.11 Å². The fraction of sp³-hybridized carbons (Fsp3) is 0.375. The van der Waals surface area contributed by atoms with Crippen LogP contribution in [0.25, 0.3) is 21.9 Å². The number of aromatic nitrogens is 3. The fourth-order valence-corrected chi connectivity index (χ4v) is 3.04. The standard InChI is InChI=1S/C16H20N4O/c1-4-12(16(2,3)21)20-9-18-13-14(20)10-7-5-6-8-11(10)19-15(13)17/h5-9,12,21H,4H2,1-3H3,(H2,17,19). The lowest BCUT2D eigenvalue weighted by atomic mass is 9.96. The predicted octanol–water partition coefficient (Wildman–Crippen LogP) is 2.89. The van der Waals surface area contributed by atoms with E-state index in [4.69, 9.17) is 5.73 Å². The number of fused-ring (bicyclic) bond motifs is 3. The van der Waals surface area contributed by atoms with E-state index in [0.717, 1.165) is 22.8 Å². The van der Waals surface area contributed by atoms with Gasteiger partial charge in [-0.3, -0.25) is 0 Å². The van der Waals surface area contributed by atoms with Crippen molar-refractivity contribution in [2.75, 3.05) is 5.73 Å². The monoisotopic (exact) mass is 284 g/mol. The summed E-state index contributed by atoms with van der Waals surface area (Å²) in [7, 11) is 0. The van der Waals surface area contributed by atoms with Crippen molar-refractivity contribution >= 4 is 27.8 Å². The number of nitrogen functional groups attached to an aromatic ring is 1. The van der Waals surface area contributed by atoms with Crippen LogP contribution in [0.15, 0.2) is 30.6 Å². The minimum absolute atomic E-state index is 0.0762. The first-order valence-corrected chi connectivity index (χ1v) is 7.16. The minimum Gasteiger partial charge on any atom is -0.388 e. The molecule has 2 aromatic heterocycles. The lowest BCUT2D eigenvalue weighted by Gasteiger charge is -2.30. The molecule has 3 aromatic rings. The van der Waals surface area contributed by atoms with E-state index in [2.05, 4.69) is 16.9 Å². The van der Waals surface area contributed by atoms with Crippen molar-refractivity contribution in [1.82, 2.24) is 14.5 Å². The Labute approximate surface area is 123 Å². The molecule has 0 radical (unpaired) electrons. The summed E-state index contributed by atoms with van der Waals surface area (Å²) >= 11 is 0. The highest BCUT2D eigenvalue weighted by atomic mass is 16.3. The average Bonchev–Trinajstić information content (AvgIpc) is 2.84. The summed E-state index contributed by atoms with van der Waals surface area (Å²) in [5, 5.41) is 11.5. The molecule has 3 N–H and O–H groups in total. The third-order valence-electron chi connectivity index (χ3n) is 3.97. The van der Waals surface area contributed by atoms with Gasteiger partial charge < -0.3 is 15.4 Å². The maximum Gasteiger partial charge on any atom is 0.152 e. The average molecular weight is 284 g/mol. The summed E-state index contributed by atoms with van der Waals surface area (Å²) in [4.78, 5) is 8.82. The molecule has 2 heterocycles. The largest absolute Gasteiger partial charge is 0.388 e. The molecule has 0 aliphatic rings. The van der Waals surface area contributed by atoms with Crippen LogP contribution in [0.2, 0.25) is 0 Å². The molecule has 0 bridgehead atoms. The molecule has 0 aliphatic carbocycles. The summed E-state index contributed by atoms with van der Waals surface area (Å²) in [6, 6.07) is 7.79. The van der Waals surface area contributed by atoms with Crippen molar-refractivity contribution in [2.24, 2.45) is 0 Å². The number of hydrogen-bond donors (Lipinski definition) is 2. The summed E-state index contributed by atoms with van der Waals surface area (Å²) in [5.74, 6) is 0.424. The first-order valence-electron chi connectivity index (χ1n) is 7.16. The SMILES string of the molecule is CCC(n1cnc2c(N)nc3ccccc3c21)C(C)(C)O. The topological polar surface area (TPSA) is 77.0 Å². The van der Waals surface area contributed by atoms with Gasteiger partial charge in [0.2, 0.25) is 0 Å². The van der Waals surface area contributed by atoms with Gasteiger partial charge in [0, 0.05) is 5.39 Å². The van der Waals surface area contributed by atoms with Gasteiger partial charge >= 0.3 is 0 Å². The number of rotatable bonds is 3. The first kappa shape index (κ1) is 13.8. The Bertz CT molecular complexity index is 801. The highest BCUT2D eigenvalue weighted by Crippen LogP contribution is 2.33. The number of anilines is 1. The Balaban J connectivity index is 2.39. The van der Waals surface area contributed by atoms with E-state index in [-0.39, 0.29) is 6.04 Å². The number of nitrogens with zero attached hydrogens (tertiary/aromatic N) is 3. The molecular formula is C16H20N4O. The normalized spacial score (nSPS) is 13.9. The third-order valence-corrected chi connectivity index (χ3v) is 3.97. The number of aliphatic hydroxyl groups is 1. The second-order valence-corrected chi connectivity index (χ2v) is 5.94. The molecular weight excluding hydrogens is 264 g/mol. The van der Waals surface area contributed by atoms with Gasteiger partial charge in [0.25, 0.3) is 0 Å². The molecule has 0 spiro atoms. The number of imidazole rings is 1. The van der Waals surface area contributed by atoms with Crippen LogP contribution in [0.3, 0.4) is 0 Å². The Morgan fingerprint density at radius 1 is 1.33 bits per heavy atom. The second kappa shape index (κ2) is 4.70. The van der Waals surface area contributed by atoms with Crippen LogP contribution in [0.4, 0.5) is 5.82 Å². The van der Waals surface area contributed by atoms with Gasteiger partial charge in [0.05, 0.1) is 29.0 Å². The van der Waals surface area contributed by atoms with Crippen LogP contribution in [-0.2, 0) is 0 Å². The molecule has 1 aromatic carbocycles. The molecule has 3 rings (SSSR count). The molecule has 21 heavy (non-hydrogen) atoms. The number of benzene rings is 1. The zero-order valence-electron chi connectivity index (χ0n) is 12.5. The Morgan fingerprint density at radius 3 is 2.71 bits per heavy atom. The van der Waals surface area contributed by atoms with Gasteiger partial charge in [-0.2, -0.15) is 0 Å². The van der Waals surface area contributed by atoms with Crippen LogP contribution in [0.1, 0.15) is 33.2 Å². The molecule has 5 heteroatoms. The maximum atomic E-state index is 10.5. The quantitative estimate of drug-likeness (QED) is 0.775. The smallest absolute Gasteiger partial charge is 0.152 e. The van der Waals surface area contributed by atoms with E-state index in [9.17, 15) is 5.11 Å². The van der Waals surface area contributed by atoms with Crippen molar-refractivity contribution in [3.05, 3.63) is 30.6 Å². The number of nitrogens with two attached hydrogens (primary N) is 1. The molecule has 110 valence electrons. The van der Waals surface area contributed by atoms with E-state index in [1.54, 1.807) is 6.33 Å². The van der Waals surface area contributed by atoms with Crippen LogP contribution in [-0.4, -0.2) is 25.2 Å². The van der Waals surface area contributed by atoms with Gasteiger partial charge in [-0.25, -0.2) is 9.97 Å². The van der Waals surface area contributed by atoms with Gasteiger partial charge in [-0.05, 0) is 26.3 Å². The minimum atomic E-state index is -0.846. The van der Waals surface area contributed by atoms with Gasteiger partial charge in [-0.1, -0.05) is 25.1 Å². The molecule has 1 atom stereocenters. The summed E-state index contributed by atoms with van der Waals surface area (Å²) in [6.45, 7) is 5.70. The van der Waals surface area contributed by atoms with Gasteiger partial charge in [0.1, 0.15) is 5.52 Å². The third kappa shape index (κ3) is 2.14. The van der Waals surface area contributed by atoms with Crippen molar-refractivity contribution in [3.8, 4) is 0 Å². The highest BCUT2D eigenvalue weighted by Gasteiger charge is 2.28. The van der Waals surface area contributed by atoms with Crippen LogP contribution in [0.5, 0.6) is 0 Å². The van der Waals surface area contributed by atoms with E-state index in [1.807, 2.05) is 42.7 Å². The van der Waals surface area contributed by atoms with Crippen LogP contribution >= 0.6 is 0 Å². The lowest BCUT2D eigenvalue weighted by Crippen LogP contribution is -2.32. The van der Waals surface area contributed by atoms with Crippen molar-refractivity contribution in [3.63, 3.8) is 0 Å². The molecule has 1 unspecified atom stereocenters. The zero-order valence-corrected chi connectivity index (χ0v) is 12.5. The van der Waals surface area contributed by atoms with Crippen molar-refractivity contribution in [1.29, 1.82) is 0 Å². The summed E-state index contributed by atoms with van der Waals surface area (Å²) in [5.41, 5.74) is 7.66. The fourth-order valence-electron chi connectivity index (χ4n) is 3.04. The lowest BCUT2D eigenvalue weighted by molar-refractivity contribution is 0.0229. The Morgan fingerprint density at radius 2 is 2.05 bits per heavy atom. The number of para-hydroxylation sites is 1. The van der Waals surface area contributed by atoms with E-state index >= 15 is 0 Å². The van der Waals surface area contributed by atoms with Gasteiger partial charge in [-0.15, -0.1) is 0 Å². The Hall–Kier alpha value is -2.14. The molecule has 0 amide bonds. The Kier molecular flexibility index (Phi) is 3.10. The van der Waals surface area contributed by atoms with Crippen LogP contribution in [0, 0.1) is 0 Å². The van der Waals surface area contributed by atoms with Crippen molar-refractivity contribution in [2.45, 2.75) is 38.8 Å². The maximum absolute atomic E-state index is 10.5. The van der Waals surface area contributed by atoms with Gasteiger partial charge in [0.15, 0.2) is 5.82 Å². The van der Waals surface area contributed by atoms with E-state index in [0.29, 0.717) is 11.3 Å². The summed E-state index contributed by atoms with van der Waals surface area (Å²) in [6.07, 6.45) is 2.55. The predicted molar refractivity (Wildman–Crippen MR) is 85.1 cm³/mol. The number of pyridine rings is 1. The molecule has 0 saturated heterocycles. The van der Waals surface area contributed by atoms with E-state index < -0.39 is 5.60 Å². The van der Waals surface area contributed by atoms with Crippen LogP contribution < -0.4 is 5.73 Å². The molecule has 0 fully saturated rings. The molecule has 0 aliphatic heterocycles. The highest BCUT2D eigenvalue weighted by molar-refractivity contribution is 6.06.